The lowest BCUT2D eigenvalue weighted by Crippen LogP contribution is -2.42. The smallest absolute Gasteiger partial charge is 0.414 e. The van der Waals surface area contributed by atoms with Crippen LogP contribution in [0.4, 0.5) is 10.5 Å². The van der Waals surface area contributed by atoms with E-state index in [0.29, 0.717) is 61.5 Å². The Hall–Kier alpha value is -2.57. The van der Waals surface area contributed by atoms with E-state index in [1.54, 1.807) is 17.9 Å². The van der Waals surface area contributed by atoms with Gasteiger partial charge >= 0.3 is 6.09 Å². The number of amides is 2. The van der Waals surface area contributed by atoms with Gasteiger partial charge in [-0.15, -0.1) is 0 Å². The van der Waals surface area contributed by atoms with Crippen LogP contribution >= 0.6 is 23.2 Å². The van der Waals surface area contributed by atoms with Crippen LogP contribution in [0, 0.1) is 0 Å². The van der Waals surface area contributed by atoms with E-state index in [4.69, 9.17) is 42.2 Å². The molecule has 5 rings (SSSR count). The molecule has 1 aromatic carbocycles. The van der Waals surface area contributed by atoms with Crippen molar-refractivity contribution in [2.75, 3.05) is 31.2 Å². The molecular weight excluding hydrogens is 669 g/mol. The van der Waals surface area contributed by atoms with Gasteiger partial charge in [-0.05, 0) is 70.7 Å². The van der Waals surface area contributed by atoms with Crippen LogP contribution in [0.1, 0.15) is 86.1 Å². The van der Waals surface area contributed by atoms with Crippen LogP contribution in [-0.2, 0) is 31.8 Å². The Kier molecular flexibility index (Phi) is 10.7. The molecule has 1 saturated heterocycles. The average Bonchev–Trinajstić information content (AvgIpc) is 3.61. The highest BCUT2D eigenvalue weighted by atomic mass is 35.5. The number of aromatic nitrogens is 3. The van der Waals surface area contributed by atoms with E-state index in [1.807, 2.05) is 42.7 Å². The number of benzene rings is 1. The van der Waals surface area contributed by atoms with Crippen LogP contribution < -0.4 is 4.90 Å². The second kappa shape index (κ2) is 14.0. The second-order valence-electron chi connectivity index (χ2n) is 15.5. The third-order valence-electron chi connectivity index (χ3n) is 9.73. The van der Waals surface area contributed by atoms with E-state index in [2.05, 4.69) is 38.4 Å². The molecule has 264 valence electrons. The van der Waals surface area contributed by atoms with Crippen molar-refractivity contribution in [2.45, 2.75) is 117 Å². The Labute approximate surface area is 295 Å². The molecule has 1 unspecified atom stereocenters. The SMILES string of the molecule is CC(=O)N1CCn2c(c(-c3cnn(C4CCCCO4)c3)c3c(N(CCCO[Si](C)(C)C(C)(C)C)C(=O)OC(C)(C)C)cc(Cl)c(Cl)c32)C1. The number of hydrogen-bond donors (Lipinski definition) is 0. The number of nitrogens with zero attached hydrogens (tertiary/aromatic N) is 5. The summed E-state index contributed by atoms with van der Waals surface area (Å²) in [6.07, 6.45) is 6.76. The molecule has 0 radical (unpaired) electrons. The largest absolute Gasteiger partial charge is 0.443 e. The summed E-state index contributed by atoms with van der Waals surface area (Å²) in [5.41, 5.74) is 3.20. The minimum absolute atomic E-state index is 0.00905. The van der Waals surface area contributed by atoms with Crippen molar-refractivity contribution in [1.29, 1.82) is 0 Å². The van der Waals surface area contributed by atoms with Crippen molar-refractivity contribution >= 4 is 60.1 Å². The fourth-order valence-electron chi connectivity index (χ4n) is 6.15. The molecule has 2 aliphatic rings. The van der Waals surface area contributed by atoms with Crippen LogP contribution in [-0.4, -0.2) is 71.5 Å². The van der Waals surface area contributed by atoms with Gasteiger partial charge in [0.05, 0.1) is 34.0 Å². The molecule has 0 aliphatic carbocycles. The van der Waals surface area contributed by atoms with Gasteiger partial charge in [0.2, 0.25) is 5.91 Å². The Morgan fingerprint density at radius 3 is 2.48 bits per heavy atom. The van der Waals surface area contributed by atoms with Crippen molar-refractivity contribution in [2.24, 2.45) is 0 Å². The molecule has 10 nitrogen and oxygen atoms in total. The van der Waals surface area contributed by atoms with Crippen molar-refractivity contribution in [1.82, 2.24) is 19.2 Å². The lowest BCUT2D eigenvalue weighted by molar-refractivity contribution is -0.130. The lowest BCUT2D eigenvalue weighted by atomic mass is 10.0. The maximum absolute atomic E-state index is 14.1. The first-order chi connectivity index (χ1) is 22.4. The molecule has 4 heterocycles. The van der Waals surface area contributed by atoms with Gasteiger partial charge in [-0.25, -0.2) is 9.48 Å². The highest BCUT2D eigenvalue weighted by molar-refractivity contribution is 6.74. The van der Waals surface area contributed by atoms with E-state index < -0.39 is 20.0 Å². The third-order valence-corrected chi connectivity index (χ3v) is 15.0. The molecule has 0 bridgehead atoms. The topological polar surface area (TPSA) is 91.1 Å². The van der Waals surface area contributed by atoms with Crippen LogP contribution in [0.5, 0.6) is 0 Å². The molecule has 2 amide bonds. The van der Waals surface area contributed by atoms with Crippen molar-refractivity contribution in [3.8, 4) is 11.1 Å². The van der Waals surface area contributed by atoms with E-state index in [1.165, 1.54) is 0 Å². The maximum Gasteiger partial charge on any atom is 0.414 e. The van der Waals surface area contributed by atoms with Gasteiger partial charge in [0.25, 0.3) is 0 Å². The number of rotatable bonds is 8. The summed E-state index contributed by atoms with van der Waals surface area (Å²) >= 11 is 13.9. The van der Waals surface area contributed by atoms with Crippen LogP contribution in [0.25, 0.3) is 22.0 Å². The number of carbonyl (C=O) groups is 2. The normalized spacial score (nSPS) is 17.5. The van der Waals surface area contributed by atoms with Gasteiger partial charge in [-0.2, -0.15) is 5.10 Å². The molecular formula is C35H51Cl2N5O5Si. The standard InChI is InChI=1S/C35H51Cl2N5O5Si/c1-23(43)39-15-16-40-27(22-39)29(24-20-38-42(21-24)28-13-10-11-17-45-28)30-26(19-25(36)31(37)32(30)40)41(33(44)47-34(2,3)4)14-12-18-46-48(8,9)35(5,6)7/h19-21,28H,10-18,22H2,1-9H3. The first kappa shape index (κ1) is 36.7. The summed E-state index contributed by atoms with van der Waals surface area (Å²) in [6.45, 7) is 21.2. The Bertz CT molecular complexity index is 1670. The van der Waals surface area contributed by atoms with Crippen molar-refractivity contribution in [3.63, 3.8) is 0 Å². The van der Waals surface area contributed by atoms with Crippen molar-refractivity contribution in [3.05, 3.63) is 34.2 Å². The van der Waals surface area contributed by atoms with Crippen molar-refractivity contribution < 1.29 is 23.5 Å². The van der Waals surface area contributed by atoms with E-state index >= 15 is 0 Å². The molecule has 0 N–H and O–H groups in total. The lowest BCUT2D eigenvalue weighted by Gasteiger charge is -2.36. The summed E-state index contributed by atoms with van der Waals surface area (Å²) in [6, 6.07) is 1.76. The second-order valence-corrected chi connectivity index (χ2v) is 21.0. The molecule has 2 aliphatic heterocycles. The highest BCUT2D eigenvalue weighted by Gasteiger charge is 2.38. The van der Waals surface area contributed by atoms with E-state index in [9.17, 15) is 9.59 Å². The monoisotopic (exact) mass is 719 g/mol. The number of ether oxygens (including phenoxy) is 2. The van der Waals surface area contributed by atoms with Crippen LogP contribution in [0.3, 0.4) is 0 Å². The predicted octanol–water partition coefficient (Wildman–Crippen LogP) is 9.03. The molecule has 0 spiro atoms. The van der Waals surface area contributed by atoms with Crippen LogP contribution in [0.15, 0.2) is 18.5 Å². The molecule has 2 aromatic heterocycles. The molecule has 13 heteroatoms. The molecule has 48 heavy (non-hydrogen) atoms. The van der Waals surface area contributed by atoms with E-state index in [0.717, 1.165) is 47.0 Å². The zero-order chi connectivity index (χ0) is 35.2. The average molecular weight is 721 g/mol. The molecule has 1 atom stereocenters. The Morgan fingerprint density at radius 1 is 1.12 bits per heavy atom. The Morgan fingerprint density at radius 2 is 1.85 bits per heavy atom. The van der Waals surface area contributed by atoms with Gasteiger partial charge in [-0.1, -0.05) is 44.0 Å². The van der Waals surface area contributed by atoms with Gasteiger partial charge in [0.1, 0.15) is 11.8 Å². The first-order valence-corrected chi connectivity index (χ1v) is 20.6. The quantitative estimate of drug-likeness (QED) is 0.170. The van der Waals surface area contributed by atoms with Gasteiger partial charge in [0, 0.05) is 68.2 Å². The number of fused-ring (bicyclic) bond motifs is 3. The maximum atomic E-state index is 14.1. The third kappa shape index (κ3) is 7.60. The minimum Gasteiger partial charge on any atom is -0.443 e. The summed E-state index contributed by atoms with van der Waals surface area (Å²) < 4.78 is 22.5. The highest BCUT2D eigenvalue weighted by Crippen LogP contribution is 2.48. The minimum atomic E-state index is -2.00. The number of anilines is 1. The Balaban J connectivity index is 1.67. The summed E-state index contributed by atoms with van der Waals surface area (Å²) in [4.78, 5) is 30.2. The zero-order valence-electron chi connectivity index (χ0n) is 29.9. The summed E-state index contributed by atoms with van der Waals surface area (Å²) in [7, 11) is -2.00. The number of halogens is 2. The fraction of sp³-hybridized carbons (Fsp3) is 0.629. The van der Waals surface area contributed by atoms with E-state index in [-0.39, 0.29) is 17.2 Å². The van der Waals surface area contributed by atoms with Gasteiger partial charge in [-0.3, -0.25) is 9.69 Å². The number of carbonyl (C=O) groups excluding carboxylic acids is 2. The van der Waals surface area contributed by atoms with Gasteiger partial charge < -0.3 is 23.4 Å². The summed E-state index contributed by atoms with van der Waals surface area (Å²) in [5, 5.41) is 6.29. The van der Waals surface area contributed by atoms with Gasteiger partial charge in [0.15, 0.2) is 8.32 Å². The summed E-state index contributed by atoms with van der Waals surface area (Å²) in [5.74, 6) is -0.00905. The predicted molar refractivity (Wildman–Crippen MR) is 194 cm³/mol. The van der Waals surface area contributed by atoms with Crippen LogP contribution in [0.2, 0.25) is 28.2 Å². The molecule has 3 aromatic rings. The zero-order valence-corrected chi connectivity index (χ0v) is 32.4. The first-order valence-electron chi connectivity index (χ1n) is 17.0. The number of hydrogen-bond acceptors (Lipinski definition) is 6. The fourth-order valence-corrected chi connectivity index (χ4v) is 7.68. The molecule has 1 fully saturated rings. The molecule has 0 saturated carbocycles.